The van der Waals surface area contributed by atoms with Crippen LogP contribution in [0.4, 0.5) is 0 Å². The van der Waals surface area contributed by atoms with Crippen molar-refractivity contribution in [3.8, 4) is 0 Å². The average molecular weight is 1790 g/mol. The molecular weight excluding hydrogens is 1620 g/mol. The lowest BCUT2D eigenvalue weighted by atomic mass is 10.00. The lowest BCUT2D eigenvalue weighted by Crippen LogP contribution is -2.18. The van der Waals surface area contributed by atoms with E-state index in [1.54, 1.807) is 33.8 Å². The van der Waals surface area contributed by atoms with Crippen LogP contribution in [0.5, 0.6) is 0 Å². The highest BCUT2D eigenvalue weighted by atomic mass is 16.6. The van der Waals surface area contributed by atoms with Crippen LogP contribution in [0, 0.1) is 23.7 Å². The first-order valence-corrected chi connectivity index (χ1v) is 46.3. The Labute approximate surface area is 773 Å². The first-order valence-electron chi connectivity index (χ1n) is 46.3. The maximum atomic E-state index is 11.6. The molecule has 0 spiro atoms. The number of carbonyl (C=O) groups excluding carboxylic acids is 11. The number of hydrogen-bond donors (Lipinski definition) is 0. The lowest BCUT2D eigenvalue weighted by Gasteiger charge is -2.10. The van der Waals surface area contributed by atoms with E-state index in [0.717, 1.165) is 35.3 Å². The second-order valence-corrected chi connectivity index (χ2v) is 36.9. The zero-order valence-corrected chi connectivity index (χ0v) is 85.5. The Bertz CT molecular complexity index is 3780. The maximum Gasteiger partial charge on any atom is 0.338 e. The summed E-state index contributed by atoms with van der Waals surface area (Å²) < 4.78 is 50.5. The van der Waals surface area contributed by atoms with Gasteiger partial charge in [-0.3, -0.25) is 43.2 Å². The van der Waals surface area contributed by atoms with Gasteiger partial charge in [-0.15, -0.1) is 0 Å². The average Bonchev–Trinajstić information content (AvgIpc) is 0.878. The van der Waals surface area contributed by atoms with Gasteiger partial charge in [0.05, 0.1) is 98.4 Å². The molecule has 128 heavy (non-hydrogen) atoms. The fraction of sp³-hybridized carbons (Fsp3) is 0.617. The van der Waals surface area contributed by atoms with E-state index in [4.69, 9.17) is 47.4 Å². The number of esters is 9. The van der Waals surface area contributed by atoms with Gasteiger partial charge in [-0.25, -0.2) is 9.59 Å². The van der Waals surface area contributed by atoms with Crippen LogP contribution in [0.2, 0.25) is 0 Å². The Morgan fingerprint density at radius 1 is 0.250 bits per heavy atom. The number of ether oxygens (including phenoxy) is 10. The van der Waals surface area contributed by atoms with Crippen molar-refractivity contribution in [1.82, 2.24) is 0 Å². The van der Waals surface area contributed by atoms with Crippen LogP contribution in [0.3, 0.4) is 0 Å². The van der Waals surface area contributed by atoms with Gasteiger partial charge in [0.25, 0.3) is 0 Å². The Morgan fingerprint density at radius 3 is 0.906 bits per heavy atom. The summed E-state index contributed by atoms with van der Waals surface area (Å²) in [5.74, 6) is 1.73. The van der Waals surface area contributed by atoms with Gasteiger partial charge in [0.2, 0.25) is 0 Å². The maximum absolute atomic E-state index is 11.6. The summed E-state index contributed by atoms with van der Waals surface area (Å²) in [5, 5.41) is 0. The third-order valence-electron chi connectivity index (χ3n) is 17.1. The monoisotopic (exact) mass is 1790 g/mol. The molecule has 724 valence electrons. The molecule has 0 aliphatic heterocycles. The number of carbonyl (C=O) groups is 11. The van der Waals surface area contributed by atoms with Crippen LogP contribution >= 0.6 is 0 Å². The fourth-order valence-electron chi connectivity index (χ4n) is 10.3. The highest BCUT2D eigenvalue weighted by Gasteiger charge is 2.18. The second-order valence-electron chi connectivity index (χ2n) is 36.9. The molecule has 0 saturated carbocycles. The van der Waals surface area contributed by atoms with Gasteiger partial charge in [0.1, 0.15) is 18.0 Å². The number of hydrogen-bond acceptors (Lipinski definition) is 21. The molecule has 0 atom stereocenters. The molecule has 0 saturated heterocycles. The summed E-state index contributed by atoms with van der Waals surface area (Å²) in [6.45, 7) is 71.3. The van der Waals surface area contributed by atoms with Crippen LogP contribution < -0.4 is 0 Å². The van der Waals surface area contributed by atoms with Crippen molar-refractivity contribution in [2.45, 2.75) is 398 Å². The SMILES string of the molecule is CC(C)CC(=O)OC(C)C.CC(C)CCOCCC(=O)OC(C)C.CC(C)OC(=O)CC(=O)C(C)C.CC(C)OC(=O)CCCC(=O)C(C)C.CC(C)OC(=O)Cc1ccc(C(C)C)cc1.CC(C)OC(=O)Cc1ccc(C(C)C)cc1.CC(C)OC(=O)Cc1cccc(C(C)C)c1.CC(C)OC(=O)c1ccc(C(C)C)cc1.CC(C)OC(=O)c1cccc(C(C)C)c1. The van der Waals surface area contributed by atoms with Crippen molar-refractivity contribution < 1.29 is 100 Å². The zero-order chi connectivity index (χ0) is 99.2. The number of Topliss-reactive ketones (excluding diaryl/α,β-unsaturated/α-hetero) is 2. The van der Waals surface area contributed by atoms with Gasteiger partial charge in [-0.2, -0.15) is 0 Å². The number of benzene rings is 5. The lowest BCUT2D eigenvalue weighted by molar-refractivity contribution is -0.151. The zero-order valence-electron chi connectivity index (χ0n) is 85.5. The number of rotatable bonds is 38. The molecule has 0 fully saturated rings. The van der Waals surface area contributed by atoms with E-state index in [1.165, 1.54) is 22.3 Å². The van der Waals surface area contributed by atoms with Gasteiger partial charge in [0, 0.05) is 37.7 Å². The minimum Gasteiger partial charge on any atom is -0.463 e. The van der Waals surface area contributed by atoms with Crippen LogP contribution in [0.25, 0.3) is 0 Å². The molecule has 21 heteroatoms. The van der Waals surface area contributed by atoms with E-state index in [9.17, 15) is 52.7 Å². The van der Waals surface area contributed by atoms with Crippen molar-refractivity contribution >= 4 is 65.3 Å². The molecule has 0 bridgehead atoms. The largest absolute Gasteiger partial charge is 0.463 e. The molecule has 0 aliphatic carbocycles. The minimum absolute atomic E-state index is 0.0197. The standard InChI is InChI=1S/3C14H20O2.2C13H18O2.C11H22O3.C11H20O3.C9H16O3.C8H16O2/c2*1-10(2)13-7-5-12(6-8-13)9-14(15)16-11(3)4;1-10(2)13-7-5-6-12(8-13)9-14(15)16-11(3)4;1-9(2)11-5-7-12(8-6-11)13(14)15-10(3)4;1-9(2)11-6-5-7-12(8-11)13(14)15-10(3)4;1-9(2)5-7-13-8-6-11(12)14-10(3)4;1-8(2)10(12)6-5-7-11(13)14-9(3)4;1-6(2)8(10)5-9(11)12-7(3)4;1-6(2)5-8(9)10-7(3)4/h3*5-8,10-11H,9H2,1-4H3;2*5-10H,1-4H3;9-10H,5-8H2,1-4H3;8-9H,5-7H2,1-4H3;6-7H,5H2,1-4H3;6-7H,5H2,1-4H3. The highest BCUT2D eigenvalue weighted by Crippen LogP contribution is 2.22. The van der Waals surface area contributed by atoms with Gasteiger partial charge in [-0.1, -0.05) is 222 Å². The van der Waals surface area contributed by atoms with Crippen molar-refractivity contribution in [3.05, 3.63) is 177 Å². The summed E-state index contributed by atoms with van der Waals surface area (Å²) >= 11 is 0. The molecule has 0 unspecified atom stereocenters. The van der Waals surface area contributed by atoms with E-state index in [0.29, 0.717) is 111 Å². The predicted octanol–water partition coefficient (Wildman–Crippen LogP) is 24.9. The van der Waals surface area contributed by atoms with Crippen LogP contribution in [-0.4, -0.2) is 133 Å². The van der Waals surface area contributed by atoms with Crippen LogP contribution in [0.1, 0.15) is 389 Å². The summed E-state index contributed by atoms with van der Waals surface area (Å²) in [6.07, 6.45) is 3.85. The Kier molecular flexibility index (Phi) is 69.7. The minimum atomic E-state index is -0.427. The molecule has 0 aromatic heterocycles. The van der Waals surface area contributed by atoms with E-state index in [1.807, 2.05) is 217 Å². The Morgan fingerprint density at radius 2 is 0.562 bits per heavy atom. The second kappa shape index (κ2) is 71.5. The molecule has 21 nitrogen and oxygen atoms in total. The van der Waals surface area contributed by atoms with Crippen molar-refractivity contribution in [2.24, 2.45) is 23.7 Å². The van der Waals surface area contributed by atoms with Crippen molar-refractivity contribution in [1.29, 1.82) is 0 Å². The predicted molar refractivity (Wildman–Crippen MR) is 516 cm³/mol. The first-order chi connectivity index (χ1) is 59.4. The van der Waals surface area contributed by atoms with E-state index < -0.39 is 5.97 Å². The summed E-state index contributed by atoms with van der Waals surface area (Å²) in [7, 11) is 0. The van der Waals surface area contributed by atoms with E-state index in [-0.39, 0.29) is 133 Å². The molecule has 0 amide bonds. The van der Waals surface area contributed by atoms with E-state index >= 15 is 0 Å². The molecular formula is C107H170O21. The molecule has 0 N–H and O–H groups in total. The Hall–Kier alpha value is -9.37. The molecule has 0 heterocycles. The quantitative estimate of drug-likeness (QED) is 0.0154. The van der Waals surface area contributed by atoms with Crippen molar-refractivity contribution in [2.75, 3.05) is 13.2 Å². The van der Waals surface area contributed by atoms with Gasteiger partial charge in [0.15, 0.2) is 0 Å². The molecule has 5 aromatic carbocycles. The van der Waals surface area contributed by atoms with Crippen LogP contribution in [-0.2, 0) is 110 Å². The van der Waals surface area contributed by atoms with Gasteiger partial charge in [-0.05, 0) is 248 Å². The summed E-state index contributed by atoms with van der Waals surface area (Å²) in [6, 6.07) is 39.6. The molecule has 0 aliphatic rings. The Balaban J connectivity index is -0.000000678. The third kappa shape index (κ3) is 72.5. The fourth-order valence-corrected chi connectivity index (χ4v) is 10.3. The normalized spacial score (nSPS) is 10.8. The van der Waals surface area contributed by atoms with E-state index in [2.05, 4.69) is 119 Å². The molecule has 0 radical (unpaired) electrons. The molecule has 5 aromatic rings. The van der Waals surface area contributed by atoms with Gasteiger partial charge < -0.3 is 47.4 Å². The highest BCUT2D eigenvalue weighted by molar-refractivity contribution is 5.96. The van der Waals surface area contributed by atoms with Crippen LogP contribution in [0.15, 0.2) is 121 Å². The number of ketones is 2. The topological polar surface area (TPSA) is 280 Å². The van der Waals surface area contributed by atoms with Crippen molar-refractivity contribution in [3.63, 3.8) is 0 Å². The summed E-state index contributed by atoms with van der Waals surface area (Å²) in [5.41, 5.74) is 10.5. The first kappa shape index (κ1) is 125. The molecule has 5 rings (SSSR count). The third-order valence-corrected chi connectivity index (χ3v) is 17.1. The van der Waals surface area contributed by atoms with Gasteiger partial charge >= 0.3 is 53.7 Å². The smallest absolute Gasteiger partial charge is 0.338 e. The summed E-state index contributed by atoms with van der Waals surface area (Å²) in [4.78, 5) is 124.